The van der Waals surface area contributed by atoms with Crippen LogP contribution in [0.3, 0.4) is 0 Å². The summed E-state index contributed by atoms with van der Waals surface area (Å²) in [6.07, 6.45) is -1.18. The van der Waals surface area contributed by atoms with E-state index in [-0.39, 0.29) is 25.2 Å². The van der Waals surface area contributed by atoms with Gasteiger partial charge in [0.05, 0.1) is 12.7 Å². The molecule has 0 aromatic heterocycles. The smallest absolute Gasteiger partial charge is 0.183 e. The summed E-state index contributed by atoms with van der Waals surface area (Å²) in [5.41, 5.74) is 8.10. The lowest BCUT2D eigenvalue weighted by Gasteiger charge is -2.40. The molecule has 0 aromatic rings. The number of aliphatic hydroxyl groups excluding tert-OH is 1. The molecule has 1 heterocycles. The van der Waals surface area contributed by atoms with E-state index in [4.69, 9.17) is 15.0 Å². The fourth-order valence-electron chi connectivity index (χ4n) is 1.79. The van der Waals surface area contributed by atoms with Crippen molar-refractivity contribution in [3.8, 4) is 0 Å². The van der Waals surface area contributed by atoms with E-state index in [0.29, 0.717) is 5.92 Å². The highest BCUT2D eigenvalue weighted by molar-refractivity contribution is 4.82. The lowest BCUT2D eigenvalue weighted by Crippen LogP contribution is -2.49. The van der Waals surface area contributed by atoms with Crippen LogP contribution in [0.2, 0.25) is 0 Å². The van der Waals surface area contributed by atoms with E-state index >= 15 is 0 Å². The molecule has 6 heteroatoms. The highest BCUT2D eigenvalue weighted by Gasteiger charge is 2.38. The molecule has 0 bridgehead atoms. The molecule has 1 fully saturated rings. The molecule has 6 nitrogen and oxygen atoms in total. The summed E-state index contributed by atoms with van der Waals surface area (Å²) in [6, 6.07) is 0. The SMILES string of the molecule is CC1O[C@H](OCCN=[N+]=[N-])C(O)[C@@H](C)[C@H]1C. The molecule has 5 atom stereocenters. The number of aliphatic hydroxyl groups is 1. The predicted molar refractivity (Wildman–Crippen MR) is 58.6 cm³/mol. The van der Waals surface area contributed by atoms with Crippen molar-refractivity contribution in [2.45, 2.75) is 39.3 Å². The summed E-state index contributed by atoms with van der Waals surface area (Å²) in [5, 5.41) is 13.3. The number of rotatable bonds is 4. The third-order valence-electron chi connectivity index (χ3n) is 3.27. The van der Waals surface area contributed by atoms with E-state index in [1.807, 2.05) is 13.8 Å². The van der Waals surface area contributed by atoms with E-state index in [1.165, 1.54) is 0 Å². The van der Waals surface area contributed by atoms with E-state index in [0.717, 1.165) is 0 Å². The fraction of sp³-hybridized carbons (Fsp3) is 1.00. The Balaban J connectivity index is 2.44. The molecule has 92 valence electrons. The lowest BCUT2D eigenvalue weighted by atomic mass is 9.84. The molecule has 1 rings (SSSR count). The Kier molecular flexibility index (Phi) is 5.02. The fourth-order valence-corrected chi connectivity index (χ4v) is 1.79. The molecular formula is C10H19N3O3. The second-order valence-electron chi connectivity index (χ2n) is 4.24. The van der Waals surface area contributed by atoms with Gasteiger partial charge in [0, 0.05) is 11.5 Å². The average molecular weight is 229 g/mol. The summed E-state index contributed by atoms with van der Waals surface area (Å²) in [4.78, 5) is 2.62. The molecule has 1 N–H and O–H groups in total. The van der Waals surface area contributed by atoms with Crippen molar-refractivity contribution < 1.29 is 14.6 Å². The van der Waals surface area contributed by atoms with E-state index in [2.05, 4.69) is 16.9 Å². The van der Waals surface area contributed by atoms with Gasteiger partial charge in [-0.25, -0.2) is 0 Å². The minimum absolute atomic E-state index is 0.0582. The summed E-state index contributed by atoms with van der Waals surface area (Å²) >= 11 is 0. The first-order chi connectivity index (χ1) is 7.57. The number of hydrogen-bond donors (Lipinski definition) is 1. The number of azide groups is 1. The molecule has 0 aliphatic carbocycles. The molecule has 2 unspecified atom stereocenters. The Morgan fingerprint density at radius 1 is 1.38 bits per heavy atom. The van der Waals surface area contributed by atoms with Crippen molar-refractivity contribution in [2.75, 3.05) is 13.2 Å². The van der Waals surface area contributed by atoms with Crippen LogP contribution >= 0.6 is 0 Å². The average Bonchev–Trinajstić information content (AvgIpc) is 2.28. The third-order valence-corrected chi connectivity index (χ3v) is 3.27. The van der Waals surface area contributed by atoms with Gasteiger partial charge in [0.15, 0.2) is 6.29 Å². The Morgan fingerprint density at radius 2 is 2.06 bits per heavy atom. The first kappa shape index (κ1) is 13.3. The molecule has 0 amide bonds. The van der Waals surface area contributed by atoms with Crippen LogP contribution in [0.25, 0.3) is 10.4 Å². The molecule has 16 heavy (non-hydrogen) atoms. The standard InChI is InChI=1S/C10H19N3O3/c1-6-7(2)9(14)10(16-8(6)3)15-5-4-12-13-11/h6-10,14H,4-5H2,1-3H3/t6-,7+,8?,9?,10+/m1/s1. The first-order valence-corrected chi connectivity index (χ1v) is 5.54. The molecule has 0 spiro atoms. The Labute approximate surface area is 95.2 Å². The van der Waals surface area contributed by atoms with Gasteiger partial charge < -0.3 is 14.6 Å². The summed E-state index contributed by atoms with van der Waals surface area (Å²) in [7, 11) is 0. The highest BCUT2D eigenvalue weighted by Crippen LogP contribution is 2.30. The van der Waals surface area contributed by atoms with Gasteiger partial charge in [-0.05, 0) is 24.3 Å². The Morgan fingerprint density at radius 3 is 2.69 bits per heavy atom. The van der Waals surface area contributed by atoms with Crippen LogP contribution in [0.5, 0.6) is 0 Å². The zero-order chi connectivity index (χ0) is 12.1. The van der Waals surface area contributed by atoms with Gasteiger partial charge in [0.2, 0.25) is 0 Å². The summed E-state index contributed by atoms with van der Waals surface area (Å²) < 4.78 is 10.9. The van der Waals surface area contributed by atoms with E-state index < -0.39 is 12.4 Å². The van der Waals surface area contributed by atoms with Crippen molar-refractivity contribution in [1.29, 1.82) is 0 Å². The molecular weight excluding hydrogens is 210 g/mol. The second-order valence-corrected chi connectivity index (χ2v) is 4.24. The molecule has 1 aliphatic rings. The number of nitrogens with zero attached hydrogens (tertiary/aromatic N) is 3. The Hall–Kier alpha value is -0.810. The van der Waals surface area contributed by atoms with Crippen molar-refractivity contribution in [3.63, 3.8) is 0 Å². The van der Waals surface area contributed by atoms with Gasteiger partial charge in [0.25, 0.3) is 0 Å². The van der Waals surface area contributed by atoms with Gasteiger partial charge in [-0.1, -0.05) is 19.0 Å². The Bertz CT molecular complexity index is 268. The van der Waals surface area contributed by atoms with Crippen LogP contribution in [-0.2, 0) is 9.47 Å². The van der Waals surface area contributed by atoms with Gasteiger partial charge >= 0.3 is 0 Å². The van der Waals surface area contributed by atoms with Gasteiger partial charge in [-0.15, -0.1) is 0 Å². The van der Waals surface area contributed by atoms with Gasteiger partial charge in [-0.3, -0.25) is 0 Å². The minimum atomic E-state index is -0.628. The molecule has 0 aromatic carbocycles. The minimum Gasteiger partial charge on any atom is -0.388 e. The van der Waals surface area contributed by atoms with Crippen LogP contribution in [-0.4, -0.2) is 36.8 Å². The maximum atomic E-state index is 9.93. The van der Waals surface area contributed by atoms with Crippen LogP contribution in [0.15, 0.2) is 5.11 Å². The van der Waals surface area contributed by atoms with Crippen LogP contribution < -0.4 is 0 Å². The maximum absolute atomic E-state index is 9.93. The number of hydrogen-bond acceptors (Lipinski definition) is 4. The van der Waals surface area contributed by atoms with Crippen molar-refractivity contribution in [1.82, 2.24) is 0 Å². The van der Waals surface area contributed by atoms with Crippen molar-refractivity contribution in [2.24, 2.45) is 17.0 Å². The molecule has 0 saturated carbocycles. The molecule has 1 saturated heterocycles. The third kappa shape index (κ3) is 3.09. The number of ether oxygens (including phenoxy) is 2. The quantitative estimate of drug-likeness (QED) is 0.344. The lowest BCUT2D eigenvalue weighted by molar-refractivity contribution is -0.265. The molecule has 0 radical (unpaired) electrons. The van der Waals surface area contributed by atoms with Crippen LogP contribution in [0.1, 0.15) is 20.8 Å². The normalized spacial score (nSPS) is 39.1. The largest absolute Gasteiger partial charge is 0.388 e. The summed E-state index contributed by atoms with van der Waals surface area (Å²) in [5.74, 6) is 0.431. The zero-order valence-electron chi connectivity index (χ0n) is 9.91. The highest BCUT2D eigenvalue weighted by atomic mass is 16.7. The topological polar surface area (TPSA) is 87.5 Å². The van der Waals surface area contributed by atoms with Gasteiger partial charge in [0.1, 0.15) is 6.10 Å². The van der Waals surface area contributed by atoms with E-state index in [1.54, 1.807) is 0 Å². The van der Waals surface area contributed by atoms with Crippen molar-refractivity contribution in [3.05, 3.63) is 10.4 Å². The van der Waals surface area contributed by atoms with E-state index in [9.17, 15) is 5.11 Å². The second kappa shape index (κ2) is 6.06. The van der Waals surface area contributed by atoms with Crippen molar-refractivity contribution >= 4 is 0 Å². The monoisotopic (exact) mass is 229 g/mol. The van der Waals surface area contributed by atoms with Crippen LogP contribution in [0, 0.1) is 11.8 Å². The predicted octanol–water partition coefficient (Wildman–Crippen LogP) is 1.69. The summed E-state index contributed by atoms with van der Waals surface area (Å²) in [6.45, 7) is 6.52. The zero-order valence-corrected chi connectivity index (χ0v) is 9.91. The molecule has 1 aliphatic heterocycles. The first-order valence-electron chi connectivity index (χ1n) is 5.54. The maximum Gasteiger partial charge on any atom is 0.183 e. The van der Waals surface area contributed by atoms with Crippen LogP contribution in [0.4, 0.5) is 0 Å². The van der Waals surface area contributed by atoms with Gasteiger partial charge in [-0.2, -0.15) is 0 Å².